The first-order chi connectivity index (χ1) is 10.5. The fourth-order valence-corrected chi connectivity index (χ4v) is 4.20. The van der Waals surface area contributed by atoms with Gasteiger partial charge in [-0.2, -0.15) is 0 Å². The van der Waals surface area contributed by atoms with Crippen LogP contribution in [0.25, 0.3) is 0 Å². The Balaban J connectivity index is 2.18. The second-order valence-electron chi connectivity index (χ2n) is 8.03. The average molecular weight is 356 g/mol. The van der Waals surface area contributed by atoms with E-state index in [1.165, 1.54) is 0 Å². The van der Waals surface area contributed by atoms with Gasteiger partial charge in [0.1, 0.15) is 0 Å². The number of rotatable bonds is 3. The van der Waals surface area contributed by atoms with Gasteiger partial charge in [0, 0.05) is 24.8 Å². The van der Waals surface area contributed by atoms with Crippen molar-refractivity contribution in [1.82, 2.24) is 0 Å². The van der Waals surface area contributed by atoms with Gasteiger partial charge in [0.25, 0.3) is 0 Å². The van der Waals surface area contributed by atoms with Gasteiger partial charge < -0.3 is 20.8 Å². The summed E-state index contributed by atoms with van der Waals surface area (Å²) in [6.45, 7) is 12.9. The van der Waals surface area contributed by atoms with Gasteiger partial charge in [0.05, 0.1) is 16.8 Å². The monoisotopic (exact) mass is 355 g/mol. The molecule has 1 aliphatic rings. The second kappa shape index (κ2) is 6.63. The van der Waals surface area contributed by atoms with Gasteiger partial charge in [-0.1, -0.05) is 32.4 Å². The van der Waals surface area contributed by atoms with E-state index in [9.17, 15) is 0 Å². The first kappa shape index (κ1) is 18.6. The second-order valence-corrected chi connectivity index (χ2v) is 13.2. The minimum atomic E-state index is -1.85. The van der Waals surface area contributed by atoms with Crippen molar-refractivity contribution in [3.8, 4) is 0 Å². The Morgan fingerprint density at radius 3 is 2.57 bits per heavy atom. The van der Waals surface area contributed by atoms with Crippen molar-refractivity contribution in [2.45, 2.75) is 57.5 Å². The number of anilines is 2. The van der Waals surface area contributed by atoms with Crippen LogP contribution in [0.2, 0.25) is 23.2 Å². The highest BCUT2D eigenvalue weighted by molar-refractivity contribution is 6.74. The van der Waals surface area contributed by atoms with E-state index in [1.54, 1.807) is 0 Å². The van der Waals surface area contributed by atoms with Gasteiger partial charge in [0.15, 0.2) is 8.32 Å². The zero-order chi connectivity index (χ0) is 17.4. The minimum Gasteiger partial charge on any atom is -0.411 e. The molecule has 1 saturated heterocycles. The number of piperidine rings is 1. The number of benzene rings is 1. The summed E-state index contributed by atoms with van der Waals surface area (Å²) in [6, 6.07) is 5.68. The molecule has 1 fully saturated rings. The summed E-state index contributed by atoms with van der Waals surface area (Å²) >= 11 is 6.36. The summed E-state index contributed by atoms with van der Waals surface area (Å²) < 4.78 is 6.58. The molecule has 0 radical (unpaired) electrons. The van der Waals surface area contributed by atoms with Crippen LogP contribution in [-0.4, -0.2) is 33.6 Å². The van der Waals surface area contributed by atoms with Crippen LogP contribution in [0.4, 0.5) is 11.4 Å². The summed E-state index contributed by atoms with van der Waals surface area (Å²) in [5, 5.41) is 0.893. The largest absolute Gasteiger partial charge is 0.411 e. The van der Waals surface area contributed by atoms with Crippen LogP contribution in [0.1, 0.15) is 27.2 Å². The fraction of sp³-hybridized carbons (Fsp3) is 0.647. The summed E-state index contributed by atoms with van der Waals surface area (Å²) in [5.41, 5.74) is 14.0. The molecular weight excluding hydrogens is 326 g/mol. The number of nitrogens with two attached hydrogens (primary N) is 2. The summed E-state index contributed by atoms with van der Waals surface area (Å²) in [5.74, 6) is 0. The maximum atomic E-state index is 6.58. The summed E-state index contributed by atoms with van der Waals surface area (Å²) in [6.07, 6.45) is 0.923. The van der Waals surface area contributed by atoms with Gasteiger partial charge in [-0.3, -0.25) is 0 Å². The predicted molar refractivity (Wildman–Crippen MR) is 103 cm³/mol. The Labute approximate surface area is 146 Å². The molecule has 1 aromatic carbocycles. The topological polar surface area (TPSA) is 64.5 Å². The quantitative estimate of drug-likeness (QED) is 0.638. The molecule has 4 N–H and O–H groups in total. The molecule has 130 valence electrons. The van der Waals surface area contributed by atoms with Gasteiger partial charge in [-0.25, -0.2) is 0 Å². The van der Waals surface area contributed by atoms with Crippen LogP contribution < -0.4 is 16.4 Å². The molecule has 2 rings (SSSR count). The number of nitrogens with zero attached hydrogens (tertiary/aromatic N) is 1. The first-order valence-electron chi connectivity index (χ1n) is 8.24. The highest BCUT2D eigenvalue weighted by Crippen LogP contribution is 2.39. The van der Waals surface area contributed by atoms with Crippen molar-refractivity contribution in [1.29, 1.82) is 0 Å². The van der Waals surface area contributed by atoms with E-state index >= 15 is 0 Å². The standard InChI is InChI=1S/C17H30ClN3OSi/c1-17(2,3)23(4,5)22-16-11-21(9-8-14(16)20)15-10-12(19)6-7-13(15)18/h6-7,10,14,16H,8-9,11,19-20H2,1-5H3/t14-,16-/m1/s1. The van der Waals surface area contributed by atoms with Crippen LogP contribution in [0.5, 0.6) is 0 Å². The predicted octanol–water partition coefficient (Wildman–Crippen LogP) is 3.85. The number of hydrogen-bond acceptors (Lipinski definition) is 4. The molecular formula is C17H30ClN3OSi. The highest BCUT2D eigenvalue weighted by atomic mass is 35.5. The molecule has 0 saturated carbocycles. The maximum absolute atomic E-state index is 6.58. The lowest BCUT2D eigenvalue weighted by Gasteiger charge is -2.45. The molecule has 6 heteroatoms. The Hall–Kier alpha value is -0.753. The van der Waals surface area contributed by atoms with Crippen LogP contribution in [0.3, 0.4) is 0 Å². The smallest absolute Gasteiger partial charge is 0.192 e. The number of hydrogen-bond donors (Lipinski definition) is 2. The lowest BCUT2D eigenvalue weighted by molar-refractivity contribution is 0.139. The lowest BCUT2D eigenvalue weighted by Crippen LogP contribution is -2.57. The van der Waals surface area contributed by atoms with E-state index in [-0.39, 0.29) is 17.2 Å². The lowest BCUT2D eigenvalue weighted by atomic mass is 10.0. The maximum Gasteiger partial charge on any atom is 0.192 e. The zero-order valence-corrected chi connectivity index (χ0v) is 16.7. The summed E-state index contributed by atoms with van der Waals surface area (Å²) in [4.78, 5) is 2.25. The minimum absolute atomic E-state index is 0.0298. The fourth-order valence-electron chi connectivity index (χ4n) is 2.61. The van der Waals surface area contributed by atoms with Gasteiger partial charge in [-0.05, 0) is 42.8 Å². The van der Waals surface area contributed by atoms with E-state index in [4.69, 9.17) is 27.5 Å². The van der Waals surface area contributed by atoms with Crippen molar-refractivity contribution in [2.24, 2.45) is 5.73 Å². The van der Waals surface area contributed by atoms with Crippen molar-refractivity contribution >= 4 is 31.3 Å². The highest BCUT2D eigenvalue weighted by Gasteiger charge is 2.41. The Kier molecular flexibility index (Phi) is 5.36. The molecule has 0 bridgehead atoms. The van der Waals surface area contributed by atoms with E-state index in [1.807, 2.05) is 18.2 Å². The molecule has 4 nitrogen and oxygen atoms in total. The van der Waals surface area contributed by atoms with Crippen LogP contribution in [0, 0.1) is 0 Å². The van der Waals surface area contributed by atoms with E-state index in [0.29, 0.717) is 0 Å². The third kappa shape index (κ3) is 4.21. The van der Waals surface area contributed by atoms with Gasteiger partial charge in [-0.15, -0.1) is 0 Å². The molecule has 0 amide bonds. The van der Waals surface area contributed by atoms with Crippen molar-refractivity contribution in [3.05, 3.63) is 23.2 Å². The number of halogens is 1. The normalized spacial score (nSPS) is 23.2. The van der Waals surface area contributed by atoms with Crippen molar-refractivity contribution in [2.75, 3.05) is 23.7 Å². The molecule has 0 aromatic heterocycles. The molecule has 1 heterocycles. The zero-order valence-electron chi connectivity index (χ0n) is 14.9. The SMILES string of the molecule is CC(C)(C)[Si](C)(C)O[C@@H]1CN(c2cc(N)ccc2Cl)CC[C@H]1N. The molecule has 23 heavy (non-hydrogen) atoms. The van der Waals surface area contributed by atoms with Crippen LogP contribution in [0.15, 0.2) is 18.2 Å². The van der Waals surface area contributed by atoms with Gasteiger partial charge in [0.2, 0.25) is 0 Å². The van der Waals surface area contributed by atoms with E-state index in [2.05, 4.69) is 38.8 Å². The molecule has 0 spiro atoms. The summed E-state index contributed by atoms with van der Waals surface area (Å²) in [7, 11) is -1.85. The van der Waals surface area contributed by atoms with E-state index < -0.39 is 8.32 Å². The molecule has 1 aliphatic heterocycles. The molecule has 2 atom stereocenters. The first-order valence-corrected chi connectivity index (χ1v) is 11.5. The third-order valence-electron chi connectivity index (χ3n) is 5.17. The molecule has 0 aliphatic carbocycles. The van der Waals surface area contributed by atoms with Crippen molar-refractivity contribution in [3.63, 3.8) is 0 Å². The third-order valence-corrected chi connectivity index (χ3v) is 10.00. The Morgan fingerprint density at radius 1 is 1.30 bits per heavy atom. The van der Waals surface area contributed by atoms with Crippen LogP contribution >= 0.6 is 11.6 Å². The average Bonchev–Trinajstić information content (AvgIpc) is 2.42. The van der Waals surface area contributed by atoms with Crippen LogP contribution in [-0.2, 0) is 4.43 Å². The van der Waals surface area contributed by atoms with Gasteiger partial charge >= 0.3 is 0 Å². The molecule has 0 unspecified atom stereocenters. The number of nitrogen functional groups attached to an aromatic ring is 1. The Morgan fingerprint density at radius 2 is 1.96 bits per heavy atom. The van der Waals surface area contributed by atoms with E-state index in [0.717, 1.165) is 35.9 Å². The molecule has 1 aromatic rings. The van der Waals surface area contributed by atoms with Crippen molar-refractivity contribution < 1.29 is 4.43 Å². The Bertz CT molecular complexity index is 559.